The number of hydrogen-bond donors (Lipinski definition) is 1. The summed E-state index contributed by atoms with van der Waals surface area (Å²) in [5.74, 6) is 0. The lowest BCUT2D eigenvalue weighted by Gasteiger charge is -2.39. The van der Waals surface area contributed by atoms with Crippen LogP contribution in [0.25, 0.3) is 0 Å². The third-order valence-electron chi connectivity index (χ3n) is 2.72. The van der Waals surface area contributed by atoms with Gasteiger partial charge >= 0.3 is 0 Å². The summed E-state index contributed by atoms with van der Waals surface area (Å²) in [6.07, 6.45) is 3.89. The van der Waals surface area contributed by atoms with Crippen molar-refractivity contribution >= 4 is 0 Å². The summed E-state index contributed by atoms with van der Waals surface area (Å²) in [7, 11) is 0. The Bertz CT molecular complexity index is 183. The zero-order chi connectivity index (χ0) is 12.0. The van der Waals surface area contributed by atoms with Gasteiger partial charge in [-0.2, -0.15) is 0 Å². The number of hydrogen-bond acceptors (Lipinski definition) is 3. The lowest BCUT2D eigenvalue weighted by atomic mass is 9.88. The van der Waals surface area contributed by atoms with Gasteiger partial charge in [0.15, 0.2) is 0 Å². The van der Waals surface area contributed by atoms with Crippen LogP contribution < -0.4 is 5.32 Å². The fourth-order valence-electron chi connectivity index (χ4n) is 1.95. The molecule has 1 fully saturated rings. The van der Waals surface area contributed by atoms with E-state index in [4.69, 9.17) is 9.47 Å². The molecule has 0 atom stereocenters. The molecule has 1 aliphatic carbocycles. The Morgan fingerprint density at radius 3 is 2.50 bits per heavy atom. The maximum Gasteiger partial charge on any atom is 0.0612 e. The summed E-state index contributed by atoms with van der Waals surface area (Å²) < 4.78 is 11.2. The summed E-state index contributed by atoms with van der Waals surface area (Å²) in [6, 6.07) is 0.661. The van der Waals surface area contributed by atoms with E-state index in [0.29, 0.717) is 12.1 Å². The minimum atomic E-state index is 0.00457. The molecule has 0 bridgehead atoms. The Morgan fingerprint density at radius 2 is 1.94 bits per heavy atom. The molecule has 16 heavy (non-hydrogen) atoms. The van der Waals surface area contributed by atoms with Gasteiger partial charge in [0.05, 0.1) is 11.7 Å². The van der Waals surface area contributed by atoms with Crippen molar-refractivity contribution in [3.05, 3.63) is 0 Å². The van der Waals surface area contributed by atoms with Gasteiger partial charge in [-0.1, -0.05) is 0 Å². The second-order valence-corrected chi connectivity index (χ2v) is 5.53. The summed E-state index contributed by atoms with van der Waals surface area (Å²) in [6.45, 7) is 11.2. The molecule has 0 saturated heterocycles. The molecule has 3 nitrogen and oxygen atoms in total. The molecule has 0 aromatic carbocycles. The molecular formula is C13H27NO2. The van der Waals surface area contributed by atoms with Gasteiger partial charge in [0.2, 0.25) is 0 Å². The minimum Gasteiger partial charge on any atom is -0.382 e. The van der Waals surface area contributed by atoms with Crippen molar-refractivity contribution in [3.63, 3.8) is 0 Å². The molecule has 1 saturated carbocycles. The van der Waals surface area contributed by atoms with Crippen LogP contribution in [0.5, 0.6) is 0 Å². The molecule has 1 rings (SSSR count). The summed E-state index contributed by atoms with van der Waals surface area (Å²) >= 11 is 0. The van der Waals surface area contributed by atoms with E-state index in [-0.39, 0.29) is 5.60 Å². The lowest BCUT2D eigenvalue weighted by molar-refractivity contribution is -0.102. The van der Waals surface area contributed by atoms with Crippen LogP contribution in [0, 0.1) is 0 Å². The summed E-state index contributed by atoms with van der Waals surface area (Å²) in [4.78, 5) is 0. The maximum atomic E-state index is 5.88. The van der Waals surface area contributed by atoms with Crippen molar-refractivity contribution in [1.29, 1.82) is 0 Å². The van der Waals surface area contributed by atoms with E-state index in [2.05, 4.69) is 26.1 Å². The SMILES string of the molecule is CCOCCCNC1CC(OC(C)(C)C)C1. The second-order valence-electron chi connectivity index (χ2n) is 5.53. The van der Waals surface area contributed by atoms with Crippen LogP contribution in [0.15, 0.2) is 0 Å². The van der Waals surface area contributed by atoms with E-state index < -0.39 is 0 Å². The first-order chi connectivity index (χ1) is 7.51. The molecule has 0 spiro atoms. The topological polar surface area (TPSA) is 30.5 Å². The Hall–Kier alpha value is -0.120. The van der Waals surface area contributed by atoms with Crippen LogP contribution in [-0.4, -0.2) is 37.5 Å². The van der Waals surface area contributed by atoms with Gasteiger partial charge in [-0.25, -0.2) is 0 Å². The zero-order valence-corrected chi connectivity index (χ0v) is 11.2. The average Bonchev–Trinajstić information content (AvgIpc) is 2.11. The fourth-order valence-corrected chi connectivity index (χ4v) is 1.95. The van der Waals surface area contributed by atoms with Crippen molar-refractivity contribution in [2.45, 2.75) is 64.7 Å². The maximum absolute atomic E-state index is 5.88. The Balaban J connectivity index is 1.92. The van der Waals surface area contributed by atoms with Crippen LogP contribution in [0.4, 0.5) is 0 Å². The van der Waals surface area contributed by atoms with Crippen molar-refractivity contribution < 1.29 is 9.47 Å². The first-order valence-corrected chi connectivity index (χ1v) is 6.50. The molecule has 0 aromatic heterocycles. The highest BCUT2D eigenvalue weighted by Crippen LogP contribution is 2.27. The first kappa shape index (κ1) is 13.9. The van der Waals surface area contributed by atoms with Gasteiger partial charge < -0.3 is 14.8 Å². The van der Waals surface area contributed by atoms with Crippen LogP contribution >= 0.6 is 0 Å². The van der Waals surface area contributed by atoms with Crippen molar-refractivity contribution in [2.24, 2.45) is 0 Å². The average molecular weight is 229 g/mol. The summed E-state index contributed by atoms with van der Waals surface area (Å²) in [5.41, 5.74) is 0.00457. The highest BCUT2D eigenvalue weighted by Gasteiger charge is 2.32. The van der Waals surface area contributed by atoms with Gasteiger partial charge in [-0.3, -0.25) is 0 Å². The van der Waals surface area contributed by atoms with Gasteiger partial charge in [0.25, 0.3) is 0 Å². The van der Waals surface area contributed by atoms with E-state index in [9.17, 15) is 0 Å². The van der Waals surface area contributed by atoms with Crippen LogP contribution in [-0.2, 0) is 9.47 Å². The van der Waals surface area contributed by atoms with Gasteiger partial charge in [0.1, 0.15) is 0 Å². The molecule has 0 radical (unpaired) electrons. The van der Waals surface area contributed by atoms with E-state index in [1.54, 1.807) is 0 Å². The van der Waals surface area contributed by atoms with Crippen LogP contribution in [0.3, 0.4) is 0 Å². The molecule has 0 aromatic rings. The standard InChI is InChI=1S/C13H27NO2/c1-5-15-8-6-7-14-11-9-12(10-11)16-13(2,3)4/h11-12,14H,5-10H2,1-4H3. The Morgan fingerprint density at radius 1 is 1.25 bits per heavy atom. The van der Waals surface area contributed by atoms with E-state index in [0.717, 1.165) is 39.0 Å². The van der Waals surface area contributed by atoms with Gasteiger partial charge in [-0.05, 0) is 53.5 Å². The van der Waals surface area contributed by atoms with E-state index in [1.165, 1.54) is 0 Å². The highest BCUT2D eigenvalue weighted by molar-refractivity contribution is 4.87. The minimum absolute atomic E-state index is 0.00457. The highest BCUT2D eigenvalue weighted by atomic mass is 16.5. The Kier molecular flexibility index (Phi) is 5.73. The fraction of sp³-hybridized carbons (Fsp3) is 1.00. The molecule has 1 N–H and O–H groups in total. The molecule has 96 valence electrons. The molecule has 0 heterocycles. The summed E-state index contributed by atoms with van der Waals surface area (Å²) in [5, 5.41) is 3.53. The lowest BCUT2D eigenvalue weighted by Crippen LogP contribution is -2.48. The number of ether oxygens (including phenoxy) is 2. The largest absolute Gasteiger partial charge is 0.382 e. The number of nitrogens with one attached hydrogen (secondary N) is 1. The van der Waals surface area contributed by atoms with Crippen LogP contribution in [0.1, 0.15) is 47.0 Å². The molecule has 0 amide bonds. The van der Waals surface area contributed by atoms with E-state index in [1.807, 2.05) is 6.92 Å². The van der Waals surface area contributed by atoms with Gasteiger partial charge in [0, 0.05) is 19.3 Å². The third kappa shape index (κ3) is 5.83. The smallest absolute Gasteiger partial charge is 0.0612 e. The predicted molar refractivity (Wildman–Crippen MR) is 66.8 cm³/mol. The molecule has 0 unspecified atom stereocenters. The Labute approximate surface area is 99.9 Å². The first-order valence-electron chi connectivity index (χ1n) is 6.50. The third-order valence-corrected chi connectivity index (χ3v) is 2.72. The van der Waals surface area contributed by atoms with Gasteiger partial charge in [-0.15, -0.1) is 0 Å². The van der Waals surface area contributed by atoms with Crippen molar-refractivity contribution in [2.75, 3.05) is 19.8 Å². The monoisotopic (exact) mass is 229 g/mol. The quantitative estimate of drug-likeness (QED) is 0.680. The van der Waals surface area contributed by atoms with Crippen molar-refractivity contribution in [3.8, 4) is 0 Å². The molecule has 3 heteroatoms. The number of rotatable bonds is 7. The normalized spacial score (nSPS) is 25.5. The molecular weight excluding hydrogens is 202 g/mol. The van der Waals surface area contributed by atoms with E-state index >= 15 is 0 Å². The molecule has 0 aliphatic heterocycles. The second kappa shape index (κ2) is 6.58. The van der Waals surface area contributed by atoms with Crippen LogP contribution in [0.2, 0.25) is 0 Å². The van der Waals surface area contributed by atoms with Crippen molar-refractivity contribution in [1.82, 2.24) is 5.32 Å². The predicted octanol–water partition coefficient (Wildman–Crippen LogP) is 2.35. The zero-order valence-electron chi connectivity index (χ0n) is 11.2. The molecule has 1 aliphatic rings.